The molecule has 0 heterocycles. The Morgan fingerprint density at radius 1 is 1.21 bits per heavy atom. The Kier molecular flexibility index (Phi) is 5.41. The second kappa shape index (κ2) is 6.82. The summed E-state index contributed by atoms with van der Waals surface area (Å²) < 4.78 is 25.9. The third-order valence-electron chi connectivity index (χ3n) is 2.54. The fraction of sp³-hybridized carbons (Fsp3) is 0.385. The number of hydrogen-bond donors (Lipinski definition) is 1. The normalized spacial score (nSPS) is 10.3. The minimum absolute atomic E-state index is 0.0118. The fourth-order valence-electron chi connectivity index (χ4n) is 1.63. The van der Waals surface area contributed by atoms with Crippen LogP contribution in [0.3, 0.4) is 0 Å². The fourth-order valence-corrected chi connectivity index (χ4v) is 1.63. The predicted octanol–water partition coefficient (Wildman–Crippen LogP) is 2.29. The van der Waals surface area contributed by atoms with E-state index in [1.807, 2.05) is 6.92 Å². The van der Waals surface area contributed by atoms with Crippen molar-refractivity contribution in [1.29, 1.82) is 0 Å². The van der Waals surface area contributed by atoms with Crippen molar-refractivity contribution in [1.82, 2.24) is 4.90 Å². The van der Waals surface area contributed by atoms with Gasteiger partial charge in [-0.3, -0.25) is 9.59 Å². The lowest BCUT2D eigenvalue weighted by molar-refractivity contribution is -0.137. The van der Waals surface area contributed by atoms with Gasteiger partial charge in [0, 0.05) is 18.7 Å². The van der Waals surface area contributed by atoms with Gasteiger partial charge < -0.3 is 10.0 Å². The minimum Gasteiger partial charge on any atom is -0.481 e. The smallest absolute Gasteiger partial charge is 0.305 e. The number of carbonyl (C=O) groups excluding carboxylic acids is 1. The molecule has 104 valence electrons. The van der Waals surface area contributed by atoms with Gasteiger partial charge in [-0.15, -0.1) is 0 Å². The lowest BCUT2D eigenvalue weighted by Crippen LogP contribution is -2.33. The van der Waals surface area contributed by atoms with Crippen LogP contribution in [0.1, 0.15) is 30.1 Å². The first-order valence-electron chi connectivity index (χ1n) is 5.91. The number of carbonyl (C=O) groups is 2. The van der Waals surface area contributed by atoms with Crippen molar-refractivity contribution >= 4 is 11.9 Å². The molecular weight excluding hydrogens is 256 g/mol. The van der Waals surface area contributed by atoms with Gasteiger partial charge in [-0.25, -0.2) is 8.78 Å². The van der Waals surface area contributed by atoms with E-state index in [-0.39, 0.29) is 18.5 Å². The van der Waals surface area contributed by atoms with E-state index in [9.17, 15) is 18.4 Å². The van der Waals surface area contributed by atoms with Gasteiger partial charge in [-0.1, -0.05) is 6.92 Å². The molecule has 0 bridgehead atoms. The molecule has 0 radical (unpaired) electrons. The molecule has 1 amide bonds. The van der Waals surface area contributed by atoms with Crippen molar-refractivity contribution < 1.29 is 23.5 Å². The number of benzene rings is 1. The zero-order valence-corrected chi connectivity index (χ0v) is 10.5. The monoisotopic (exact) mass is 271 g/mol. The summed E-state index contributed by atoms with van der Waals surface area (Å²) in [5.41, 5.74) is 0.0118. The Hall–Kier alpha value is -1.98. The molecule has 0 aliphatic rings. The molecule has 0 unspecified atom stereocenters. The highest BCUT2D eigenvalue weighted by Gasteiger charge is 2.17. The molecule has 0 aromatic heterocycles. The molecule has 0 saturated heterocycles. The molecule has 0 atom stereocenters. The summed E-state index contributed by atoms with van der Waals surface area (Å²) in [5, 5.41) is 8.62. The van der Waals surface area contributed by atoms with Crippen molar-refractivity contribution in [2.45, 2.75) is 19.8 Å². The summed E-state index contributed by atoms with van der Waals surface area (Å²) in [4.78, 5) is 23.9. The van der Waals surface area contributed by atoms with Crippen molar-refractivity contribution in [3.63, 3.8) is 0 Å². The molecule has 0 fully saturated rings. The van der Waals surface area contributed by atoms with Crippen LogP contribution in [0.15, 0.2) is 18.2 Å². The van der Waals surface area contributed by atoms with Crippen LogP contribution < -0.4 is 0 Å². The van der Waals surface area contributed by atoms with E-state index in [2.05, 4.69) is 0 Å². The Morgan fingerprint density at radius 3 is 2.42 bits per heavy atom. The van der Waals surface area contributed by atoms with Crippen LogP contribution in [-0.4, -0.2) is 35.0 Å². The first-order valence-corrected chi connectivity index (χ1v) is 5.91. The summed E-state index contributed by atoms with van der Waals surface area (Å²) in [6.07, 6.45) is 0.463. The highest BCUT2D eigenvalue weighted by molar-refractivity contribution is 5.94. The molecule has 0 spiro atoms. The molecule has 1 aromatic rings. The number of rotatable bonds is 6. The van der Waals surface area contributed by atoms with E-state index in [4.69, 9.17) is 5.11 Å². The first kappa shape index (κ1) is 15.1. The van der Waals surface area contributed by atoms with E-state index in [1.165, 1.54) is 11.0 Å². The molecule has 0 aliphatic heterocycles. The Labute approximate surface area is 109 Å². The number of carboxylic acid groups (broad SMARTS) is 1. The minimum atomic E-state index is -1.10. The van der Waals surface area contributed by atoms with E-state index in [0.717, 1.165) is 12.1 Å². The van der Waals surface area contributed by atoms with Gasteiger partial charge in [-0.05, 0) is 24.6 Å². The molecule has 1 aromatic carbocycles. The predicted molar refractivity (Wildman–Crippen MR) is 64.8 cm³/mol. The topological polar surface area (TPSA) is 57.6 Å². The maximum Gasteiger partial charge on any atom is 0.305 e. The highest BCUT2D eigenvalue weighted by atomic mass is 19.2. The molecule has 19 heavy (non-hydrogen) atoms. The van der Waals surface area contributed by atoms with Gasteiger partial charge in [0.15, 0.2) is 11.6 Å². The molecular formula is C13H15F2NO3. The SMILES string of the molecule is CCCN(CCC(=O)O)C(=O)c1ccc(F)c(F)c1. The van der Waals surface area contributed by atoms with E-state index in [0.29, 0.717) is 13.0 Å². The number of carboxylic acids is 1. The number of nitrogens with zero attached hydrogens (tertiary/aromatic N) is 1. The van der Waals surface area contributed by atoms with E-state index >= 15 is 0 Å². The van der Waals surface area contributed by atoms with Crippen LogP contribution >= 0.6 is 0 Å². The largest absolute Gasteiger partial charge is 0.481 e. The third-order valence-corrected chi connectivity index (χ3v) is 2.54. The van der Waals surface area contributed by atoms with Crippen molar-refractivity contribution in [2.24, 2.45) is 0 Å². The van der Waals surface area contributed by atoms with Crippen molar-refractivity contribution in [3.05, 3.63) is 35.4 Å². The van der Waals surface area contributed by atoms with Gasteiger partial charge >= 0.3 is 5.97 Å². The van der Waals surface area contributed by atoms with Crippen LogP contribution in [0.5, 0.6) is 0 Å². The summed E-state index contributed by atoms with van der Waals surface area (Å²) in [7, 11) is 0. The summed E-state index contributed by atoms with van der Waals surface area (Å²) in [5.74, 6) is -3.63. The van der Waals surface area contributed by atoms with Gasteiger partial charge in [0.2, 0.25) is 0 Å². The molecule has 1 N–H and O–H groups in total. The Morgan fingerprint density at radius 2 is 1.89 bits per heavy atom. The van der Waals surface area contributed by atoms with E-state index < -0.39 is 23.5 Å². The second-order valence-electron chi connectivity index (χ2n) is 4.06. The molecule has 0 saturated carbocycles. The average molecular weight is 271 g/mol. The van der Waals surface area contributed by atoms with Crippen molar-refractivity contribution in [3.8, 4) is 0 Å². The lowest BCUT2D eigenvalue weighted by atomic mass is 10.1. The van der Waals surface area contributed by atoms with Crippen LogP contribution in [0.25, 0.3) is 0 Å². The van der Waals surface area contributed by atoms with Crippen LogP contribution in [0.4, 0.5) is 8.78 Å². The van der Waals surface area contributed by atoms with Gasteiger partial charge in [0.1, 0.15) is 0 Å². The average Bonchev–Trinajstić information content (AvgIpc) is 2.36. The van der Waals surface area contributed by atoms with Crippen LogP contribution in [-0.2, 0) is 4.79 Å². The third kappa shape index (κ3) is 4.31. The maximum absolute atomic E-state index is 13.1. The second-order valence-corrected chi connectivity index (χ2v) is 4.06. The molecule has 6 heteroatoms. The van der Waals surface area contributed by atoms with Gasteiger partial charge in [-0.2, -0.15) is 0 Å². The number of halogens is 2. The number of aliphatic carboxylic acids is 1. The van der Waals surface area contributed by atoms with Crippen molar-refractivity contribution in [2.75, 3.05) is 13.1 Å². The first-order chi connectivity index (χ1) is 8.95. The zero-order valence-electron chi connectivity index (χ0n) is 10.5. The Balaban J connectivity index is 2.85. The summed E-state index contributed by atoms with van der Waals surface area (Å²) in [6, 6.07) is 2.88. The lowest BCUT2D eigenvalue weighted by Gasteiger charge is -2.21. The van der Waals surface area contributed by atoms with Crippen LogP contribution in [0, 0.1) is 11.6 Å². The number of amides is 1. The highest BCUT2D eigenvalue weighted by Crippen LogP contribution is 2.12. The quantitative estimate of drug-likeness (QED) is 0.863. The zero-order chi connectivity index (χ0) is 14.4. The Bertz CT molecular complexity index is 477. The summed E-state index contributed by atoms with van der Waals surface area (Å²) in [6.45, 7) is 2.25. The molecule has 0 aliphatic carbocycles. The maximum atomic E-state index is 13.1. The summed E-state index contributed by atoms with van der Waals surface area (Å²) >= 11 is 0. The molecule has 1 rings (SSSR count). The number of hydrogen-bond acceptors (Lipinski definition) is 2. The van der Waals surface area contributed by atoms with E-state index in [1.54, 1.807) is 0 Å². The van der Waals surface area contributed by atoms with Gasteiger partial charge in [0.05, 0.1) is 6.42 Å². The standard InChI is InChI=1S/C13H15F2NO3/c1-2-6-16(7-5-12(17)18)13(19)9-3-4-10(14)11(15)8-9/h3-4,8H,2,5-7H2,1H3,(H,17,18). The van der Waals surface area contributed by atoms with Gasteiger partial charge in [0.25, 0.3) is 5.91 Å². The van der Waals surface area contributed by atoms with Crippen LogP contribution in [0.2, 0.25) is 0 Å². The molecule has 4 nitrogen and oxygen atoms in total.